The Hall–Kier alpha value is -2.70. The third-order valence-corrected chi connectivity index (χ3v) is 3.19. The number of nitro groups is 1. The molecule has 0 saturated heterocycles. The molecule has 0 atom stereocenters. The minimum atomic E-state index is -0.489. The SMILES string of the molecule is Cc1nn(C)cc1CN(C)C(=O)c1ccc([N+](=O)[O-])cc1. The molecule has 21 heavy (non-hydrogen) atoms. The summed E-state index contributed by atoms with van der Waals surface area (Å²) in [4.78, 5) is 23.9. The lowest BCUT2D eigenvalue weighted by atomic mass is 10.1. The van der Waals surface area contributed by atoms with Crippen LogP contribution >= 0.6 is 0 Å². The van der Waals surface area contributed by atoms with Crippen LogP contribution in [-0.4, -0.2) is 32.6 Å². The fraction of sp³-hybridized carbons (Fsp3) is 0.286. The maximum atomic E-state index is 12.3. The molecule has 1 amide bonds. The molecular weight excluding hydrogens is 272 g/mol. The lowest BCUT2D eigenvalue weighted by Crippen LogP contribution is -2.26. The molecule has 0 aliphatic heterocycles. The molecule has 0 N–H and O–H groups in total. The number of hydrogen-bond acceptors (Lipinski definition) is 4. The average Bonchev–Trinajstić information content (AvgIpc) is 2.76. The number of non-ortho nitro benzene ring substituents is 1. The van der Waals surface area contributed by atoms with Crippen LogP contribution in [0.25, 0.3) is 0 Å². The van der Waals surface area contributed by atoms with Crippen molar-refractivity contribution in [3.05, 3.63) is 57.4 Å². The number of nitro benzene ring substituents is 1. The lowest BCUT2D eigenvalue weighted by molar-refractivity contribution is -0.384. The number of aryl methyl sites for hydroxylation is 2. The van der Waals surface area contributed by atoms with Crippen molar-refractivity contribution in [2.45, 2.75) is 13.5 Å². The van der Waals surface area contributed by atoms with Crippen LogP contribution in [0.1, 0.15) is 21.6 Å². The highest BCUT2D eigenvalue weighted by Gasteiger charge is 2.15. The van der Waals surface area contributed by atoms with E-state index in [1.807, 2.05) is 20.2 Å². The Bertz CT molecular complexity index is 676. The molecule has 1 aromatic heterocycles. The molecule has 2 rings (SSSR count). The minimum absolute atomic E-state index is 0.0303. The Kier molecular flexibility index (Phi) is 4.02. The zero-order chi connectivity index (χ0) is 15.6. The predicted molar refractivity (Wildman–Crippen MR) is 76.8 cm³/mol. The molecule has 0 spiro atoms. The van der Waals surface area contributed by atoms with Gasteiger partial charge in [0.25, 0.3) is 11.6 Å². The van der Waals surface area contributed by atoms with Gasteiger partial charge in [0.1, 0.15) is 0 Å². The molecule has 0 radical (unpaired) electrons. The summed E-state index contributed by atoms with van der Waals surface area (Å²) in [5.41, 5.74) is 2.23. The van der Waals surface area contributed by atoms with Crippen molar-refractivity contribution in [3.63, 3.8) is 0 Å². The number of benzene rings is 1. The van der Waals surface area contributed by atoms with E-state index in [0.29, 0.717) is 12.1 Å². The van der Waals surface area contributed by atoms with Gasteiger partial charge in [-0.1, -0.05) is 0 Å². The Labute approximate surface area is 121 Å². The standard InChI is InChI=1S/C14H16N4O3/c1-10-12(9-17(3)15-10)8-16(2)14(19)11-4-6-13(7-5-11)18(20)21/h4-7,9H,8H2,1-3H3. The molecule has 110 valence electrons. The van der Waals surface area contributed by atoms with Gasteiger partial charge in [0, 0.05) is 50.1 Å². The van der Waals surface area contributed by atoms with Crippen molar-refractivity contribution in [1.29, 1.82) is 0 Å². The largest absolute Gasteiger partial charge is 0.337 e. The van der Waals surface area contributed by atoms with Crippen LogP contribution in [0.5, 0.6) is 0 Å². The number of hydrogen-bond donors (Lipinski definition) is 0. The quantitative estimate of drug-likeness (QED) is 0.635. The number of rotatable bonds is 4. The second-order valence-corrected chi connectivity index (χ2v) is 4.88. The zero-order valence-corrected chi connectivity index (χ0v) is 12.1. The fourth-order valence-corrected chi connectivity index (χ4v) is 2.08. The molecule has 0 bridgehead atoms. The lowest BCUT2D eigenvalue weighted by Gasteiger charge is -2.16. The monoisotopic (exact) mass is 288 g/mol. The molecule has 0 fully saturated rings. The highest BCUT2D eigenvalue weighted by atomic mass is 16.6. The van der Waals surface area contributed by atoms with E-state index in [1.54, 1.807) is 16.6 Å². The Balaban J connectivity index is 2.11. The van der Waals surface area contributed by atoms with Crippen molar-refractivity contribution < 1.29 is 9.72 Å². The van der Waals surface area contributed by atoms with Crippen LogP contribution in [-0.2, 0) is 13.6 Å². The highest BCUT2D eigenvalue weighted by Crippen LogP contribution is 2.15. The minimum Gasteiger partial charge on any atom is -0.337 e. The first-order chi connectivity index (χ1) is 9.88. The van der Waals surface area contributed by atoms with E-state index < -0.39 is 4.92 Å². The number of aromatic nitrogens is 2. The van der Waals surface area contributed by atoms with E-state index in [9.17, 15) is 14.9 Å². The number of carbonyl (C=O) groups excluding carboxylic acids is 1. The third kappa shape index (κ3) is 3.25. The molecule has 7 nitrogen and oxygen atoms in total. The average molecular weight is 288 g/mol. The van der Waals surface area contributed by atoms with Gasteiger partial charge in [-0.15, -0.1) is 0 Å². The summed E-state index contributed by atoms with van der Waals surface area (Å²) >= 11 is 0. The Morgan fingerprint density at radius 2 is 2.00 bits per heavy atom. The predicted octanol–water partition coefficient (Wildman–Crippen LogP) is 1.91. The van der Waals surface area contributed by atoms with Gasteiger partial charge >= 0.3 is 0 Å². The van der Waals surface area contributed by atoms with E-state index in [1.165, 1.54) is 24.3 Å². The summed E-state index contributed by atoms with van der Waals surface area (Å²) in [5, 5.41) is 14.8. The van der Waals surface area contributed by atoms with Crippen LogP contribution in [0.4, 0.5) is 5.69 Å². The van der Waals surface area contributed by atoms with Gasteiger partial charge in [0.15, 0.2) is 0 Å². The molecule has 2 aromatic rings. The van der Waals surface area contributed by atoms with Crippen LogP contribution in [0.3, 0.4) is 0 Å². The van der Waals surface area contributed by atoms with Gasteiger partial charge in [-0.3, -0.25) is 19.6 Å². The topological polar surface area (TPSA) is 81.3 Å². The molecule has 7 heteroatoms. The van der Waals surface area contributed by atoms with E-state index >= 15 is 0 Å². The van der Waals surface area contributed by atoms with Crippen LogP contribution < -0.4 is 0 Å². The molecule has 0 saturated carbocycles. The van der Waals surface area contributed by atoms with Gasteiger partial charge in [-0.25, -0.2) is 0 Å². The van der Waals surface area contributed by atoms with Gasteiger partial charge in [0.05, 0.1) is 10.6 Å². The summed E-state index contributed by atoms with van der Waals surface area (Å²) in [5.74, 6) is -0.187. The summed E-state index contributed by atoms with van der Waals surface area (Å²) in [6.07, 6.45) is 1.87. The second kappa shape index (κ2) is 5.74. The zero-order valence-electron chi connectivity index (χ0n) is 12.1. The molecule has 0 aliphatic rings. The second-order valence-electron chi connectivity index (χ2n) is 4.88. The van der Waals surface area contributed by atoms with E-state index in [2.05, 4.69) is 5.10 Å². The number of carbonyl (C=O) groups is 1. The molecular formula is C14H16N4O3. The van der Waals surface area contributed by atoms with Crippen LogP contribution in [0.2, 0.25) is 0 Å². The van der Waals surface area contributed by atoms with Crippen molar-refractivity contribution in [2.75, 3.05) is 7.05 Å². The number of amides is 1. The molecule has 0 unspecified atom stereocenters. The summed E-state index contributed by atoms with van der Waals surface area (Å²) in [6.45, 7) is 2.33. The van der Waals surface area contributed by atoms with Gasteiger partial charge in [0.2, 0.25) is 0 Å². The number of nitrogens with zero attached hydrogens (tertiary/aromatic N) is 4. The van der Waals surface area contributed by atoms with Crippen LogP contribution in [0.15, 0.2) is 30.5 Å². The maximum absolute atomic E-state index is 12.3. The van der Waals surface area contributed by atoms with Crippen LogP contribution in [0, 0.1) is 17.0 Å². The molecule has 0 aliphatic carbocycles. The van der Waals surface area contributed by atoms with E-state index in [4.69, 9.17) is 0 Å². The summed E-state index contributed by atoms with van der Waals surface area (Å²) in [7, 11) is 3.52. The van der Waals surface area contributed by atoms with Crippen molar-refractivity contribution in [2.24, 2.45) is 7.05 Å². The van der Waals surface area contributed by atoms with Crippen molar-refractivity contribution in [1.82, 2.24) is 14.7 Å². The van der Waals surface area contributed by atoms with Gasteiger partial charge in [-0.05, 0) is 19.1 Å². The Morgan fingerprint density at radius 3 is 2.48 bits per heavy atom. The van der Waals surface area contributed by atoms with Crippen molar-refractivity contribution >= 4 is 11.6 Å². The van der Waals surface area contributed by atoms with Gasteiger partial charge in [-0.2, -0.15) is 5.10 Å². The summed E-state index contributed by atoms with van der Waals surface area (Å²) in [6, 6.07) is 5.59. The fourth-order valence-electron chi connectivity index (χ4n) is 2.08. The van der Waals surface area contributed by atoms with Gasteiger partial charge < -0.3 is 4.90 Å². The normalized spacial score (nSPS) is 10.4. The third-order valence-electron chi connectivity index (χ3n) is 3.19. The van der Waals surface area contributed by atoms with Crippen molar-refractivity contribution in [3.8, 4) is 0 Å². The highest BCUT2D eigenvalue weighted by molar-refractivity contribution is 5.94. The summed E-state index contributed by atoms with van der Waals surface area (Å²) < 4.78 is 1.70. The maximum Gasteiger partial charge on any atom is 0.269 e. The first-order valence-corrected chi connectivity index (χ1v) is 6.37. The Morgan fingerprint density at radius 1 is 1.38 bits per heavy atom. The molecule has 1 aromatic carbocycles. The van der Waals surface area contributed by atoms with E-state index in [-0.39, 0.29) is 11.6 Å². The van der Waals surface area contributed by atoms with E-state index in [0.717, 1.165) is 11.3 Å². The first-order valence-electron chi connectivity index (χ1n) is 6.37. The molecule has 1 heterocycles. The first kappa shape index (κ1) is 14.7. The smallest absolute Gasteiger partial charge is 0.269 e.